The monoisotopic (exact) mass is 248 g/mol. The number of benzene rings is 1. The first-order chi connectivity index (χ1) is 8.34. The number of hydrogen-bond donors (Lipinski definition) is 1. The van der Waals surface area contributed by atoms with E-state index >= 15 is 0 Å². The molecule has 1 N–H and O–H groups in total. The molecule has 0 heterocycles. The third-order valence-electron chi connectivity index (χ3n) is 1.67. The number of hydrogen-bond acceptors (Lipinski definition) is 3. The summed E-state index contributed by atoms with van der Waals surface area (Å²) in [5.74, 6) is -0.776. The van der Waals surface area contributed by atoms with E-state index in [9.17, 15) is 9.59 Å². The summed E-state index contributed by atoms with van der Waals surface area (Å²) in [6, 6.07) is 8.92. The van der Waals surface area contributed by atoms with Crippen molar-refractivity contribution in [3.8, 4) is 5.75 Å². The van der Waals surface area contributed by atoms with Gasteiger partial charge in [0.15, 0.2) is 0 Å². The normalized spacial score (nSPS) is 8.56. The maximum Gasteiger partial charge on any atom is 0.338 e. The van der Waals surface area contributed by atoms with Crippen LogP contribution >= 0.6 is 0 Å². The molecule has 0 radical (unpaired) electrons. The number of carbonyl (C=O) groups excluding carboxylic acids is 1. The van der Waals surface area contributed by atoms with Crippen LogP contribution in [-0.2, 0) is 9.59 Å². The van der Waals surface area contributed by atoms with Crippen LogP contribution in [-0.4, -0.2) is 17.0 Å². The Hall–Kier alpha value is -2.36. The lowest BCUT2D eigenvalue weighted by Gasteiger charge is -2.01. The zero-order chi connectivity index (χ0) is 14.1. The number of ether oxygens (including phenoxy) is 1. The first-order valence-corrected chi connectivity index (χ1v) is 5.16. The van der Waals surface area contributed by atoms with E-state index in [0.29, 0.717) is 11.3 Å². The highest BCUT2D eigenvalue weighted by Crippen LogP contribution is 2.09. The second-order valence-corrected chi connectivity index (χ2v) is 3.57. The van der Waals surface area contributed by atoms with Gasteiger partial charge in [-0.1, -0.05) is 31.4 Å². The van der Waals surface area contributed by atoms with Crippen molar-refractivity contribution >= 4 is 11.9 Å². The summed E-state index contributed by atoms with van der Waals surface area (Å²) < 4.78 is 4.94. The molecule has 1 aromatic rings. The van der Waals surface area contributed by atoms with Crippen LogP contribution in [0, 0.1) is 0 Å². The number of esters is 1. The highest BCUT2D eigenvalue weighted by atomic mass is 16.5. The molecule has 18 heavy (non-hydrogen) atoms. The molecule has 4 heteroatoms. The molecule has 1 rings (SSSR count). The Morgan fingerprint density at radius 3 is 1.83 bits per heavy atom. The van der Waals surface area contributed by atoms with Crippen molar-refractivity contribution in [2.75, 3.05) is 0 Å². The van der Waals surface area contributed by atoms with Crippen molar-refractivity contribution in [3.05, 3.63) is 54.6 Å². The van der Waals surface area contributed by atoms with Gasteiger partial charge in [0.1, 0.15) is 5.75 Å². The Labute approximate surface area is 106 Å². The summed E-state index contributed by atoms with van der Waals surface area (Å²) >= 11 is 0. The SMILES string of the molecule is C=C(C)C(=O)O.C=C(C)C(=O)Oc1ccccc1. The summed E-state index contributed by atoms with van der Waals surface area (Å²) in [6.07, 6.45) is 0. The van der Waals surface area contributed by atoms with Crippen LogP contribution in [0.4, 0.5) is 0 Å². The number of rotatable bonds is 3. The molecule has 96 valence electrons. The zero-order valence-corrected chi connectivity index (χ0v) is 10.5. The highest BCUT2D eigenvalue weighted by molar-refractivity contribution is 5.88. The van der Waals surface area contributed by atoms with Gasteiger partial charge < -0.3 is 9.84 Å². The molecule has 0 atom stereocenters. The van der Waals surface area contributed by atoms with Crippen LogP contribution in [0.25, 0.3) is 0 Å². The average molecular weight is 248 g/mol. The van der Waals surface area contributed by atoms with Crippen molar-refractivity contribution in [2.24, 2.45) is 0 Å². The predicted octanol–water partition coefficient (Wildman–Crippen LogP) is 2.82. The second-order valence-electron chi connectivity index (χ2n) is 3.57. The molecule has 0 unspecified atom stereocenters. The fourth-order valence-corrected chi connectivity index (χ4v) is 0.683. The Morgan fingerprint density at radius 2 is 1.50 bits per heavy atom. The van der Waals surface area contributed by atoms with E-state index in [-0.39, 0.29) is 11.5 Å². The van der Waals surface area contributed by atoms with Gasteiger partial charge in [-0.25, -0.2) is 9.59 Å². The molecule has 0 aromatic heterocycles. The predicted molar refractivity (Wildman–Crippen MR) is 69.3 cm³/mol. The molecule has 1 aromatic carbocycles. The minimum absolute atomic E-state index is 0.176. The van der Waals surface area contributed by atoms with Gasteiger partial charge in [-0.3, -0.25) is 0 Å². The smallest absolute Gasteiger partial charge is 0.338 e. The Morgan fingerprint density at radius 1 is 1.06 bits per heavy atom. The molecular weight excluding hydrogens is 232 g/mol. The van der Waals surface area contributed by atoms with Crippen LogP contribution in [0.15, 0.2) is 54.6 Å². The Kier molecular flexibility index (Phi) is 6.81. The quantitative estimate of drug-likeness (QED) is 0.507. The summed E-state index contributed by atoms with van der Waals surface area (Å²) in [4.78, 5) is 20.6. The van der Waals surface area contributed by atoms with Gasteiger partial charge in [0, 0.05) is 11.1 Å². The van der Waals surface area contributed by atoms with Gasteiger partial charge in [0.25, 0.3) is 0 Å². The lowest BCUT2D eigenvalue weighted by molar-refractivity contribution is -0.132. The largest absolute Gasteiger partial charge is 0.478 e. The van der Waals surface area contributed by atoms with Crippen LogP contribution in [0.2, 0.25) is 0 Å². The molecule has 0 aliphatic heterocycles. The minimum Gasteiger partial charge on any atom is -0.478 e. The summed E-state index contributed by atoms with van der Waals surface area (Å²) in [6.45, 7) is 9.69. The van der Waals surface area contributed by atoms with Gasteiger partial charge in [-0.2, -0.15) is 0 Å². The summed E-state index contributed by atoms with van der Waals surface area (Å²) in [7, 11) is 0. The van der Waals surface area contributed by atoms with E-state index in [4.69, 9.17) is 9.84 Å². The topological polar surface area (TPSA) is 63.6 Å². The standard InChI is InChI=1S/C10H10O2.C4H6O2/c1-8(2)10(11)12-9-6-4-3-5-7-9;1-3(2)4(5)6/h3-7H,1H2,2H3;1H2,2H3,(H,5,6). The number of aliphatic carboxylic acids is 1. The van der Waals surface area contributed by atoms with Gasteiger partial charge in [-0.05, 0) is 26.0 Å². The van der Waals surface area contributed by atoms with Crippen LogP contribution < -0.4 is 4.74 Å². The Bertz CT molecular complexity index is 434. The second kappa shape index (κ2) is 7.84. The molecule has 0 spiro atoms. The highest BCUT2D eigenvalue weighted by Gasteiger charge is 2.03. The van der Waals surface area contributed by atoms with Gasteiger partial charge in [-0.15, -0.1) is 0 Å². The summed E-state index contributed by atoms with van der Waals surface area (Å²) in [5.41, 5.74) is 0.578. The molecule has 4 nitrogen and oxygen atoms in total. The van der Waals surface area contributed by atoms with E-state index in [2.05, 4.69) is 13.2 Å². The zero-order valence-electron chi connectivity index (χ0n) is 10.5. The van der Waals surface area contributed by atoms with Gasteiger partial charge >= 0.3 is 11.9 Å². The third-order valence-corrected chi connectivity index (χ3v) is 1.67. The number of para-hydroxylation sites is 1. The van der Waals surface area contributed by atoms with Gasteiger partial charge in [0.2, 0.25) is 0 Å². The lowest BCUT2D eigenvalue weighted by atomic mass is 10.3. The maximum absolute atomic E-state index is 11.0. The molecule has 0 saturated carbocycles. The molecule has 0 bridgehead atoms. The molecule has 0 saturated heterocycles. The molecule has 0 fully saturated rings. The fourth-order valence-electron chi connectivity index (χ4n) is 0.683. The molecule has 0 aliphatic carbocycles. The maximum atomic E-state index is 11.0. The van der Waals surface area contributed by atoms with Crippen LogP contribution in [0.5, 0.6) is 5.75 Å². The number of carbonyl (C=O) groups is 2. The van der Waals surface area contributed by atoms with Crippen molar-refractivity contribution in [1.29, 1.82) is 0 Å². The third kappa shape index (κ3) is 7.00. The number of carboxylic acids is 1. The first kappa shape index (κ1) is 15.6. The van der Waals surface area contributed by atoms with Crippen LogP contribution in [0.1, 0.15) is 13.8 Å². The molecule has 0 aliphatic rings. The minimum atomic E-state index is -0.935. The van der Waals surface area contributed by atoms with E-state index < -0.39 is 5.97 Å². The fraction of sp³-hybridized carbons (Fsp3) is 0.143. The average Bonchev–Trinajstić information content (AvgIpc) is 2.30. The van der Waals surface area contributed by atoms with E-state index in [1.54, 1.807) is 31.2 Å². The van der Waals surface area contributed by atoms with Gasteiger partial charge in [0.05, 0.1) is 0 Å². The lowest BCUT2D eigenvalue weighted by Crippen LogP contribution is -2.07. The van der Waals surface area contributed by atoms with Crippen molar-refractivity contribution in [2.45, 2.75) is 13.8 Å². The first-order valence-electron chi connectivity index (χ1n) is 5.16. The van der Waals surface area contributed by atoms with Crippen molar-refractivity contribution < 1.29 is 19.4 Å². The van der Waals surface area contributed by atoms with E-state index in [1.165, 1.54) is 6.92 Å². The van der Waals surface area contributed by atoms with E-state index in [0.717, 1.165) is 0 Å². The van der Waals surface area contributed by atoms with E-state index in [1.807, 2.05) is 6.07 Å². The molecular formula is C14H16O4. The van der Waals surface area contributed by atoms with Crippen molar-refractivity contribution in [3.63, 3.8) is 0 Å². The molecule has 0 amide bonds. The summed E-state index contributed by atoms with van der Waals surface area (Å²) in [5, 5.41) is 7.89. The van der Waals surface area contributed by atoms with Crippen LogP contribution in [0.3, 0.4) is 0 Å². The number of carboxylic acid groups (broad SMARTS) is 1. The van der Waals surface area contributed by atoms with Crippen molar-refractivity contribution in [1.82, 2.24) is 0 Å². The Balaban J connectivity index is 0.000000411.